The highest BCUT2D eigenvalue weighted by molar-refractivity contribution is 6.01. The number of ether oxygens (including phenoxy) is 1. The SMILES string of the molecule is O=C(NO)c1ccc2c(c1)N(Cc1cccc3ccccc13)C(=O)CO2. The van der Waals surface area contributed by atoms with Gasteiger partial charge in [0.25, 0.3) is 11.8 Å². The molecule has 0 aliphatic carbocycles. The molecule has 130 valence electrons. The summed E-state index contributed by atoms with van der Waals surface area (Å²) in [5, 5.41) is 11.0. The van der Waals surface area contributed by atoms with Crippen molar-refractivity contribution in [1.29, 1.82) is 0 Å². The molecular formula is C20H16N2O4. The van der Waals surface area contributed by atoms with Crippen LogP contribution >= 0.6 is 0 Å². The molecule has 0 unspecified atom stereocenters. The zero-order chi connectivity index (χ0) is 18.1. The van der Waals surface area contributed by atoms with Gasteiger partial charge in [-0.25, -0.2) is 5.48 Å². The number of amides is 2. The summed E-state index contributed by atoms with van der Waals surface area (Å²) in [7, 11) is 0. The maximum absolute atomic E-state index is 12.5. The summed E-state index contributed by atoms with van der Waals surface area (Å²) < 4.78 is 5.47. The van der Waals surface area contributed by atoms with Crippen molar-refractivity contribution in [3.63, 3.8) is 0 Å². The first-order valence-corrected chi connectivity index (χ1v) is 8.15. The minimum absolute atomic E-state index is 0.0523. The molecule has 0 radical (unpaired) electrons. The van der Waals surface area contributed by atoms with Crippen LogP contribution in [0.2, 0.25) is 0 Å². The molecule has 2 amide bonds. The van der Waals surface area contributed by atoms with Gasteiger partial charge in [0.2, 0.25) is 0 Å². The van der Waals surface area contributed by atoms with Crippen LogP contribution in [0.4, 0.5) is 5.69 Å². The maximum Gasteiger partial charge on any atom is 0.274 e. The van der Waals surface area contributed by atoms with Gasteiger partial charge in [0.15, 0.2) is 6.61 Å². The normalized spacial score (nSPS) is 13.3. The second kappa shape index (κ2) is 6.50. The molecule has 1 aliphatic heterocycles. The summed E-state index contributed by atoms with van der Waals surface area (Å²) in [6, 6.07) is 18.7. The number of nitrogens with zero attached hydrogens (tertiary/aromatic N) is 1. The molecule has 0 aromatic heterocycles. The smallest absolute Gasteiger partial charge is 0.274 e. The van der Waals surface area contributed by atoms with Crippen molar-refractivity contribution in [2.24, 2.45) is 0 Å². The summed E-state index contributed by atoms with van der Waals surface area (Å²) in [6.45, 7) is 0.310. The van der Waals surface area contributed by atoms with Crippen molar-refractivity contribution in [1.82, 2.24) is 5.48 Å². The Bertz CT molecular complexity index is 1010. The average Bonchev–Trinajstić information content (AvgIpc) is 2.69. The van der Waals surface area contributed by atoms with E-state index in [2.05, 4.69) is 0 Å². The lowest BCUT2D eigenvalue weighted by atomic mass is 10.0. The highest BCUT2D eigenvalue weighted by Gasteiger charge is 2.27. The van der Waals surface area contributed by atoms with Gasteiger partial charge >= 0.3 is 0 Å². The minimum Gasteiger partial charge on any atom is -0.482 e. The van der Waals surface area contributed by atoms with Crippen molar-refractivity contribution >= 4 is 28.3 Å². The van der Waals surface area contributed by atoms with Crippen molar-refractivity contribution in [3.05, 3.63) is 71.8 Å². The Balaban J connectivity index is 1.77. The first-order valence-electron chi connectivity index (χ1n) is 8.15. The number of carbonyl (C=O) groups is 2. The summed E-state index contributed by atoms with van der Waals surface area (Å²) in [4.78, 5) is 25.8. The first kappa shape index (κ1) is 16.1. The van der Waals surface area contributed by atoms with E-state index in [-0.39, 0.29) is 18.1 Å². The zero-order valence-corrected chi connectivity index (χ0v) is 13.8. The average molecular weight is 348 g/mol. The predicted molar refractivity (Wildman–Crippen MR) is 96.3 cm³/mol. The largest absolute Gasteiger partial charge is 0.482 e. The van der Waals surface area contributed by atoms with Gasteiger partial charge < -0.3 is 9.64 Å². The van der Waals surface area contributed by atoms with Crippen LogP contribution in [0.1, 0.15) is 15.9 Å². The topological polar surface area (TPSA) is 78.9 Å². The van der Waals surface area contributed by atoms with Gasteiger partial charge in [0.05, 0.1) is 12.2 Å². The van der Waals surface area contributed by atoms with Crippen molar-refractivity contribution in [3.8, 4) is 5.75 Å². The molecule has 0 fully saturated rings. The molecule has 2 N–H and O–H groups in total. The number of carbonyl (C=O) groups excluding carboxylic acids is 2. The highest BCUT2D eigenvalue weighted by atomic mass is 16.5. The molecule has 0 bridgehead atoms. The maximum atomic E-state index is 12.5. The lowest BCUT2D eigenvalue weighted by Crippen LogP contribution is -2.38. The number of rotatable bonds is 3. The second-order valence-electron chi connectivity index (χ2n) is 6.03. The predicted octanol–water partition coefficient (Wildman–Crippen LogP) is 2.88. The quantitative estimate of drug-likeness (QED) is 0.563. The van der Waals surface area contributed by atoms with E-state index in [1.807, 2.05) is 42.5 Å². The summed E-state index contributed by atoms with van der Waals surface area (Å²) in [5.74, 6) is -0.303. The van der Waals surface area contributed by atoms with Crippen LogP contribution in [0.15, 0.2) is 60.7 Å². The molecule has 6 heteroatoms. The van der Waals surface area contributed by atoms with E-state index < -0.39 is 5.91 Å². The van der Waals surface area contributed by atoms with Crippen LogP contribution in [0.3, 0.4) is 0 Å². The number of nitrogens with one attached hydrogen (secondary N) is 1. The van der Waals surface area contributed by atoms with Gasteiger partial charge in [-0.05, 0) is 34.5 Å². The Labute approximate surface area is 149 Å². The Kier molecular flexibility index (Phi) is 4.02. The van der Waals surface area contributed by atoms with Gasteiger partial charge in [0.1, 0.15) is 5.75 Å². The number of hydrogen-bond donors (Lipinski definition) is 2. The van der Waals surface area contributed by atoms with Crippen LogP contribution in [-0.4, -0.2) is 23.6 Å². The molecule has 1 heterocycles. The molecule has 3 aromatic rings. The molecule has 4 rings (SSSR count). The van der Waals surface area contributed by atoms with Gasteiger partial charge in [-0.1, -0.05) is 42.5 Å². The minimum atomic E-state index is -0.643. The van der Waals surface area contributed by atoms with E-state index in [1.165, 1.54) is 6.07 Å². The standard InChI is InChI=1S/C20H16N2O4/c23-19-12-26-18-9-8-14(20(24)21-25)10-17(18)22(19)11-15-6-3-5-13-4-1-2-7-16(13)15/h1-10,25H,11-12H2,(H,21,24). The van der Waals surface area contributed by atoms with E-state index in [1.54, 1.807) is 22.5 Å². The van der Waals surface area contributed by atoms with Crippen LogP contribution in [0, 0.1) is 0 Å². The fourth-order valence-electron chi connectivity index (χ4n) is 3.18. The number of anilines is 1. The van der Waals surface area contributed by atoms with Crippen LogP contribution in [0.25, 0.3) is 10.8 Å². The number of hydrogen-bond acceptors (Lipinski definition) is 4. The molecule has 26 heavy (non-hydrogen) atoms. The Morgan fingerprint density at radius 3 is 2.77 bits per heavy atom. The van der Waals surface area contributed by atoms with Crippen LogP contribution in [0.5, 0.6) is 5.75 Å². The second-order valence-corrected chi connectivity index (χ2v) is 6.03. The lowest BCUT2D eigenvalue weighted by Gasteiger charge is -2.30. The Hall–Kier alpha value is -3.38. The summed E-state index contributed by atoms with van der Waals surface area (Å²) >= 11 is 0. The lowest BCUT2D eigenvalue weighted by molar-refractivity contribution is -0.121. The van der Waals surface area contributed by atoms with Crippen molar-refractivity contribution in [2.45, 2.75) is 6.54 Å². The zero-order valence-electron chi connectivity index (χ0n) is 13.8. The van der Waals surface area contributed by atoms with Crippen LogP contribution < -0.4 is 15.1 Å². The van der Waals surface area contributed by atoms with E-state index in [4.69, 9.17) is 9.94 Å². The van der Waals surface area contributed by atoms with E-state index in [0.29, 0.717) is 18.0 Å². The fraction of sp³-hybridized carbons (Fsp3) is 0.100. The van der Waals surface area contributed by atoms with Crippen molar-refractivity contribution < 1.29 is 19.5 Å². The van der Waals surface area contributed by atoms with Crippen molar-refractivity contribution in [2.75, 3.05) is 11.5 Å². The summed E-state index contributed by atoms with van der Waals surface area (Å²) in [5.41, 5.74) is 3.36. The van der Waals surface area contributed by atoms with E-state index in [0.717, 1.165) is 16.3 Å². The molecular weight excluding hydrogens is 332 g/mol. The number of hydroxylamine groups is 1. The van der Waals surface area contributed by atoms with Gasteiger partial charge in [-0.2, -0.15) is 0 Å². The third-order valence-corrected chi connectivity index (χ3v) is 4.47. The van der Waals surface area contributed by atoms with Gasteiger partial charge in [0, 0.05) is 5.56 Å². The molecule has 0 saturated carbocycles. The Morgan fingerprint density at radius 2 is 1.92 bits per heavy atom. The Morgan fingerprint density at radius 1 is 1.12 bits per heavy atom. The third kappa shape index (κ3) is 2.76. The van der Waals surface area contributed by atoms with Crippen LogP contribution in [-0.2, 0) is 11.3 Å². The highest BCUT2D eigenvalue weighted by Crippen LogP contribution is 2.34. The van der Waals surface area contributed by atoms with Gasteiger partial charge in [-0.3, -0.25) is 14.8 Å². The fourth-order valence-corrected chi connectivity index (χ4v) is 3.18. The molecule has 0 atom stereocenters. The van der Waals surface area contributed by atoms with E-state index >= 15 is 0 Å². The third-order valence-electron chi connectivity index (χ3n) is 4.47. The first-order chi connectivity index (χ1) is 12.7. The molecule has 0 spiro atoms. The number of fused-ring (bicyclic) bond motifs is 2. The molecule has 6 nitrogen and oxygen atoms in total. The monoisotopic (exact) mass is 348 g/mol. The number of benzene rings is 3. The van der Waals surface area contributed by atoms with Gasteiger partial charge in [-0.15, -0.1) is 0 Å². The molecule has 0 saturated heterocycles. The van der Waals surface area contributed by atoms with E-state index in [9.17, 15) is 9.59 Å². The summed E-state index contributed by atoms with van der Waals surface area (Å²) in [6.07, 6.45) is 0. The molecule has 3 aromatic carbocycles. The molecule has 1 aliphatic rings.